The second kappa shape index (κ2) is 11.7. The topological polar surface area (TPSA) is 63.3 Å². The van der Waals surface area contributed by atoms with Crippen LogP contribution in [0.4, 0.5) is 13.2 Å². The molecular weight excluding hydrogens is 235 g/mol. The first-order valence-corrected chi connectivity index (χ1v) is 5.86. The molecule has 0 aromatic rings. The third-order valence-corrected chi connectivity index (χ3v) is 2.05. The number of unbranched alkanes of at least 4 members (excludes halogenated alkanes) is 6. The lowest BCUT2D eigenvalue weighted by atomic mass is 10.1. The fourth-order valence-electron chi connectivity index (χ4n) is 1.10. The molecular formula is C11H22F3NO2. The van der Waals surface area contributed by atoms with Crippen molar-refractivity contribution in [3.05, 3.63) is 0 Å². The van der Waals surface area contributed by atoms with E-state index in [9.17, 15) is 13.2 Å². The van der Waals surface area contributed by atoms with E-state index >= 15 is 0 Å². The molecule has 0 aromatic carbocycles. The SMILES string of the molecule is CCCCCCCCCN.O=C(O)C(F)(F)F. The van der Waals surface area contributed by atoms with E-state index in [-0.39, 0.29) is 0 Å². The van der Waals surface area contributed by atoms with Crippen LogP contribution >= 0.6 is 0 Å². The highest BCUT2D eigenvalue weighted by Crippen LogP contribution is 2.13. The standard InChI is InChI=1S/C9H21N.C2HF3O2/c1-2-3-4-5-6-7-8-9-10;3-2(4,5)1(6)7/h2-10H2,1H3;(H,6,7). The van der Waals surface area contributed by atoms with Crippen molar-refractivity contribution >= 4 is 5.97 Å². The molecule has 0 bridgehead atoms. The molecule has 0 atom stereocenters. The maximum absolute atomic E-state index is 10.6. The minimum atomic E-state index is -5.08. The summed E-state index contributed by atoms with van der Waals surface area (Å²) in [5, 5.41) is 7.12. The summed E-state index contributed by atoms with van der Waals surface area (Å²) in [7, 11) is 0. The molecule has 0 saturated carbocycles. The van der Waals surface area contributed by atoms with Gasteiger partial charge >= 0.3 is 12.1 Å². The summed E-state index contributed by atoms with van der Waals surface area (Å²) in [5.41, 5.74) is 5.37. The molecule has 3 nitrogen and oxygen atoms in total. The number of aliphatic carboxylic acids is 1. The van der Waals surface area contributed by atoms with Crippen LogP contribution in [0.25, 0.3) is 0 Å². The van der Waals surface area contributed by atoms with Gasteiger partial charge in [0, 0.05) is 0 Å². The lowest BCUT2D eigenvalue weighted by Gasteiger charge is -1.97. The van der Waals surface area contributed by atoms with Gasteiger partial charge in [0.1, 0.15) is 0 Å². The number of carboxylic acid groups (broad SMARTS) is 1. The lowest BCUT2D eigenvalue weighted by Crippen LogP contribution is -2.21. The first-order valence-electron chi connectivity index (χ1n) is 5.86. The van der Waals surface area contributed by atoms with E-state index in [2.05, 4.69) is 6.92 Å². The zero-order chi connectivity index (χ0) is 13.7. The highest BCUT2D eigenvalue weighted by Gasteiger charge is 2.38. The van der Waals surface area contributed by atoms with Crippen LogP contribution in [0, 0.1) is 0 Å². The Hall–Kier alpha value is -0.780. The van der Waals surface area contributed by atoms with Gasteiger partial charge in [0.05, 0.1) is 0 Å². The van der Waals surface area contributed by atoms with Gasteiger partial charge in [0.2, 0.25) is 0 Å². The number of hydrogen-bond acceptors (Lipinski definition) is 2. The highest BCUT2D eigenvalue weighted by atomic mass is 19.4. The Labute approximate surface area is 100 Å². The third-order valence-electron chi connectivity index (χ3n) is 2.05. The molecule has 0 radical (unpaired) electrons. The van der Waals surface area contributed by atoms with Crippen LogP contribution in [0.3, 0.4) is 0 Å². The quantitative estimate of drug-likeness (QED) is 0.687. The van der Waals surface area contributed by atoms with Gasteiger partial charge in [0.15, 0.2) is 0 Å². The molecule has 0 rings (SSSR count). The van der Waals surface area contributed by atoms with Crippen molar-refractivity contribution in [2.75, 3.05) is 6.54 Å². The summed E-state index contributed by atoms with van der Waals surface area (Å²) in [5.74, 6) is -2.76. The number of rotatable bonds is 7. The van der Waals surface area contributed by atoms with Crippen LogP contribution in [-0.4, -0.2) is 23.8 Å². The van der Waals surface area contributed by atoms with Crippen LogP contribution in [0.15, 0.2) is 0 Å². The van der Waals surface area contributed by atoms with Gasteiger partial charge in [-0.05, 0) is 13.0 Å². The molecule has 104 valence electrons. The fourth-order valence-corrected chi connectivity index (χ4v) is 1.10. The van der Waals surface area contributed by atoms with Gasteiger partial charge in [-0.25, -0.2) is 4.79 Å². The van der Waals surface area contributed by atoms with E-state index in [0.29, 0.717) is 0 Å². The number of halogens is 3. The Kier molecular flexibility index (Phi) is 12.8. The molecule has 3 N–H and O–H groups in total. The molecule has 0 aliphatic carbocycles. The minimum absolute atomic E-state index is 0.869. The average Bonchev–Trinajstić information content (AvgIpc) is 2.23. The molecule has 0 spiro atoms. The van der Waals surface area contributed by atoms with Crippen molar-refractivity contribution in [2.24, 2.45) is 5.73 Å². The van der Waals surface area contributed by atoms with Crippen LogP contribution in [0.5, 0.6) is 0 Å². The molecule has 17 heavy (non-hydrogen) atoms. The van der Waals surface area contributed by atoms with Crippen molar-refractivity contribution in [3.8, 4) is 0 Å². The van der Waals surface area contributed by atoms with E-state index in [1.54, 1.807) is 0 Å². The molecule has 6 heteroatoms. The molecule has 0 heterocycles. The molecule has 0 fully saturated rings. The van der Waals surface area contributed by atoms with Gasteiger partial charge in [-0.15, -0.1) is 0 Å². The largest absolute Gasteiger partial charge is 0.490 e. The second-order valence-corrected chi connectivity index (χ2v) is 3.71. The molecule has 0 saturated heterocycles. The first kappa shape index (κ1) is 18.6. The zero-order valence-electron chi connectivity index (χ0n) is 10.2. The van der Waals surface area contributed by atoms with Crippen molar-refractivity contribution in [2.45, 2.75) is 58.0 Å². The Morgan fingerprint density at radius 3 is 1.71 bits per heavy atom. The molecule has 0 aromatic heterocycles. The monoisotopic (exact) mass is 257 g/mol. The maximum atomic E-state index is 10.6. The smallest absolute Gasteiger partial charge is 0.475 e. The predicted octanol–water partition coefficient (Wildman–Crippen LogP) is 3.33. The number of carboxylic acids is 1. The van der Waals surface area contributed by atoms with E-state index in [1.807, 2.05) is 0 Å². The van der Waals surface area contributed by atoms with Crippen molar-refractivity contribution in [3.63, 3.8) is 0 Å². The summed E-state index contributed by atoms with van der Waals surface area (Å²) in [6, 6.07) is 0. The van der Waals surface area contributed by atoms with Crippen LogP contribution in [0.1, 0.15) is 51.9 Å². The molecule has 0 amide bonds. The van der Waals surface area contributed by atoms with Gasteiger partial charge < -0.3 is 10.8 Å². The van der Waals surface area contributed by atoms with Crippen LogP contribution in [0.2, 0.25) is 0 Å². The van der Waals surface area contributed by atoms with E-state index in [4.69, 9.17) is 15.6 Å². The number of carbonyl (C=O) groups is 1. The number of nitrogens with two attached hydrogens (primary N) is 1. The summed E-state index contributed by atoms with van der Waals surface area (Å²) in [4.78, 5) is 8.90. The fraction of sp³-hybridized carbons (Fsp3) is 0.909. The summed E-state index contributed by atoms with van der Waals surface area (Å²) in [6.45, 7) is 3.12. The van der Waals surface area contributed by atoms with E-state index in [1.165, 1.54) is 44.9 Å². The van der Waals surface area contributed by atoms with Gasteiger partial charge in [0.25, 0.3) is 0 Å². The van der Waals surface area contributed by atoms with Crippen molar-refractivity contribution < 1.29 is 23.1 Å². The van der Waals surface area contributed by atoms with Crippen molar-refractivity contribution in [1.29, 1.82) is 0 Å². The summed E-state index contributed by atoms with van der Waals surface area (Å²) in [6.07, 6.45) is 4.43. The van der Waals surface area contributed by atoms with Crippen LogP contribution in [-0.2, 0) is 4.79 Å². The highest BCUT2D eigenvalue weighted by molar-refractivity contribution is 5.73. The van der Waals surface area contributed by atoms with Crippen LogP contribution < -0.4 is 5.73 Å². The Morgan fingerprint density at radius 1 is 1.06 bits per heavy atom. The lowest BCUT2D eigenvalue weighted by molar-refractivity contribution is -0.192. The minimum Gasteiger partial charge on any atom is -0.475 e. The number of alkyl halides is 3. The Morgan fingerprint density at radius 2 is 1.41 bits per heavy atom. The third kappa shape index (κ3) is 17.8. The molecule has 0 unspecified atom stereocenters. The van der Waals surface area contributed by atoms with Gasteiger partial charge in [-0.2, -0.15) is 13.2 Å². The predicted molar refractivity (Wildman–Crippen MR) is 60.7 cm³/mol. The Bertz CT molecular complexity index is 176. The summed E-state index contributed by atoms with van der Waals surface area (Å²) < 4.78 is 31.7. The average molecular weight is 257 g/mol. The Balaban J connectivity index is 0. The summed E-state index contributed by atoms with van der Waals surface area (Å²) >= 11 is 0. The normalized spacial score (nSPS) is 10.6. The van der Waals surface area contributed by atoms with E-state index in [0.717, 1.165) is 6.54 Å². The van der Waals surface area contributed by atoms with Crippen molar-refractivity contribution in [1.82, 2.24) is 0 Å². The van der Waals surface area contributed by atoms with Gasteiger partial charge in [-0.3, -0.25) is 0 Å². The first-order chi connectivity index (χ1) is 7.86. The molecule has 0 aliphatic heterocycles. The molecule has 0 aliphatic rings. The second-order valence-electron chi connectivity index (χ2n) is 3.71. The van der Waals surface area contributed by atoms with Gasteiger partial charge in [-0.1, -0.05) is 45.4 Å². The number of hydrogen-bond donors (Lipinski definition) is 2. The van der Waals surface area contributed by atoms with E-state index < -0.39 is 12.1 Å². The zero-order valence-corrected chi connectivity index (χ0v) is 10.2. The maximum Gasteiger partial charge on any atom is 0.490 e.